The molecule has 1 aromatic carbocycles. The van der Waals surface area contributed by atoms with E-state index in [9.17, 15) is 5.11 Å². The fraction of sp³-hybridized carbons (Fsp3) is 0.647. The normalized spacial score (nSPS) is 16.9. The van der Waals surface area contributed by atoms with Gasteiger partial charge in [-0.05, 0) is 75.1 Å². The number of unbranched alkanes of at least 4 members (excludes halogenated alkanes) is 1. The quantitative estimate of drug-likeness (QED) is 0.569. The molecule has 2 nitrogen and oxygen atoms in total. The fourth-order valence-electron chi connectivity index (χ4n) is 2.73. The number of thioether (sulfide) groups is 1. The molecule has 0 bridgehead atoms. The minimum Gasteiger partial charge on any atom is -0.394 e. The first-order valence-corrected chi connectivity index (χ1v) is 8.70. The first-order valence-electron chi connectivity index (χ1n) is 7.71. The van der Waals surface area contributed by atoms with Gasteiger partial charge in [0, 0.05) is 10.4 Å². The van der Waals surface area contributed by atoms with E-state index < -0.39 is 0 Å². The minimum absolute atomic E-state index is 0.113. The van der Waals surface area contributed by atoms with Gasteiger partial charge in [0.05, 0.1) is 6.61 Å². The number of aliphatic hydroxyl groups excluding tert-OH is 1. The van der Waals surface area contributed by atoms with Crippen molar-refractivity contribution in [1.29, 1.82) is 0 Å². The number of rotatable bonds is 8. The highest BCUT2D eigenvalue weighted by atomic mass is 32.2. The van der Waals surface area contributed by atoms with E-state index in [2.05, 4.69) is 30.4 Å². The van der Waals surface area contributed by atoms with Crippen LogP contribution in [-0.2, 0) is 12.8 Å². The van der Waals surface area contributed by atoms with Gasteiger partial charge in [-0.25, -0.2) is 0 Å². The highest BCUT2D eigenvalue weighted by molar-refractivity contribution is 7.99. The Bertz CT molecular complexity index is 429. The van der Waals surface area contributed by atoms with Gasteiger partial charge in [0.25, 0.3) is 0 Å². The van der Waals surface area contributed by atoms with Crippen LogP contribution >= 0.6 is 11.8 Å². The third-order valence-corrected chi connectivity index (χ3v) is 5.49. The van der Waals surface area contributed by atoms with E-state index in [0.29, 0.717) is 0 Å². The number of benzene rings is 1. The molecule has 0 spiro atoms. The van der Waals surface area contributed by atoms with Crippen molar-refractivity contribution >= 4 is 11.8 Å². The van der Waals surface area contributed by atoms with E-state index in [0.717, 1.165) is 12.8 Å². The van der Waals surface area contributed by atoms with Crippen molar-refractivity contribution in [3.8, 4) is 0 Å². The second kappa shape index (κ2) is 7.48. The topological polar surface area (TPSA) is 32.3 Å². The van der Waals surface area contributed by atoms with Crippen LogP contribution < -0.4 is 5.32 Å². The van der Waals surface area contributed by atoms with Crippen LogP contribution in [0.5, 0.6) is 0 Å². The van der Waals surface area contributed by atoms with Crippen LogP contribution in [0.25, 0.3) is 0 Å². The Morgan fingerprint density at radius 1 is 1.25 bits per heavy atom. The highest BCUT2D eigenvalue weighted by Gasteiger charge is 2.19. The van der Waals surface area contributed by atoms with Crippen molar-refractivity contribution in [3.05, 3.63) is 29.3 Å². The van der Waals surface area contributed by atoms with E-state index in [1.165, 1.54) is 36.3 Å². The number of aliphatic hydroxyl groups is 1. The molecule has 0 radical (unpaired) electrons. The molecule has 2 rings (SSSR count). The number of aryl methyl sites for hydroxylation is 2. The summed E-state index contributed by atoms with van der Waals surface area (Å²) < 4.78 is 0. The van der Waals surface area contributed by atoms with Gasteiger partial charge in [0.1, 0.15) is 0 Å². The molecular weight excluding hydrogens is 266 g/mol. The summed E-state index contributed by atoms with van der Waals surface area (Å²) in [5, 5.41) is 12.5. The third kappa shape index (κ3) is 4.24. The van der Waals surface area contributed by atoms with Crippen LogP contribution in [0, 0.1) is 0 Å². The fourth-order valence-corrected chi connectivity index (χ4v) is 3.70. The van der Waals surface area contributed by atoms with Crippen molar-refractivity contribution in [3.63, 3.8) is 0 Å². The molecule has 112 valence electrons. The predicted molar refractivity (Wildman–Crippen MR) is 87.6 cm³/mol. The molecule has 3 heteroatoms. The summed E-state index contributed by atoms with van der Waals surface area (Å²) in [5.74, 6) is 1.17. The number of likely N-dealkylation sites (N-methyl/N-ethyl adjacent to an activating group) is 1. The smallest absolute Gasteiger partial charge is 0.0610 e. The zero-order valence-electron chi connectivity index (χ0n) is 12.7. The Labute approximate surface area is 127 Å². The van der Waals surface area contributed by atoms with Crippen LogP contribution in [-0.4, -0.2) is 30.1 Å². The van der Waals surface area contributed by atoms with Gasteiger partial charge in [0.15, 0.2) is 0 Å². The molecule has 1 aliphatic rings. The second-order valence-electron chi connectivity index (χ2n) is 6.06. The lowest BCUT2D eigenvalue weighted by Crippen LogP contribution is -2.43. The molecular formula is C17H27NOS. The van der Waals surface area contributed by atoms with E-state index in [1.54, 1.807) is 11.1 Å². The number of fused-ring (bicyclic) bond motifs is 1. The maximum Gasteiger partial charge on any atom is 0.0610 e. The maximum atomic E-state index is 9.34. The summed E-state index contributed by atoms with van der Waals surface area (Å²) >= 11 is 1.97. The Morgan fingerprint density at radius 2 is 2.05 bits per heavy atom. The number of hydrogen-bond donors (Lipinski definition) is 2. The molecule has 1 aliphatic carbocycles. The van der Waals surface area contributed by atoms with Gasteiger partial charge in [-0.1, -0.05) is 12.5 Å². The lowest BCUT2D eigenvalue weighted by atomic mass is 9.96. The Morgan fingerprint density at radius 3 is 2.80 bits per heavy atom. The molecule has 0 saturated heterocycles. The van der Waals surface area contributed by atoms with Crippen LogP contribution in [0.1, 0.15) is 43.7 Å². The first kappa shape index (κ1) is 15.9. The van der Waals surface area contributed by atoms with Gasteiger partial charge in [-0.2, -0.15) is 0 Å². The Balaban J connectivity index is 1.69. The zero-order valence-corrected chi connectivity index (χ0v) is 13.6. The molecule has 0 aliphatic heterocycles. The maximum absolute atomic E-state index is 9.34. The molecule has 0 aromatic heterocycles. The zero-order chi connectivity index (χ0) is 14.4. The van der Waals surface area contributed by atoms with E-state index in [-0.39, 0.29) is 12.1 Å². The van der Waals surface area contributed by atoms with Gasteiger partial charge in [0.2, 0.25) is 0 Å². The minimum atomic E-state index is -0.113. The molecule has 2 N–H and O–H groups in total. The molecule has 0 heterocycles. The largest absolute Gasteiger partial charge is 0.394 e. The van der Waals surface area contributed by atoms with Gasteiger partial charge in [-0.15, -0.1) is 11.8 Å². The molecule has 0 saturated carbocycles. The highest BCUT2D eigenvalue weighted by Crippen LogP contribution is 2.28. The molecule has 1 unspecified atom stereocenters. The Hall–Kier alpha value is -0.510. The van der Waals surface area contributed by atoms with Crippen molar-refractivity contribution in [2.24, 2.45) is 0 Å². The lowest BCUT2D eigenvalue weighted by molar-refractivity contribution is 0.171. The van der Waals surface area contributed by atoms with Crippen LogP contribution in [0.4, 0.5) is 0 Å². The lowest BCUT2D eigenvalue weighted by Gasteiger charge is -2.26. The van der Waals surface area contributed by atoms with Gasteiger partial charge < -0.3 is 10.4 Å². The second-order valence-corrected chi connectivity index (χ2v) is 7.23. The first-order chi connectivity index (χ1) is 9.67. The summed E-state index contributed by atoms with van der Waals surface area (Å²) in [5.41, 5.74) is 3.01. The van der Waals surface area contributed by atoms with E-state index in [4.69, 9.17) is 0 Å². The SMILES string of the molecule is CNC(C)(CO)CCCCSc1ccc2c(c1)CCC2. The average molecular weight is 293 g/mol. The molecule has 0 amide bonds. The summed E-state index contributed by atoms with van der Waals surface area (Å²) in [6.07, 6.45) is 7.26. The number of nitrogens with one attached hydrogen (secondary N) is 1. The van der Waals surface area contributed by atoms with Gasteiger partial charge >= 0.3 is 0 Å². The van der Waals surface area contributed by atoms with Crippen molar-refractivity contribution in [2.75, 3.05) is 19.4 Å². The van der Waals surface area contributed by atoms with Crippen LogP contribution in [0.2, 0.25) is 0 Å². The third-order valence-electron chi connectivity index (χ3n) is 4.41. The summed E-state index contributed by atoms with van der Waals surface area (Å²) in [6, 6.07) is 6.98. The molecule has 20 heavy (non-hydrogen) atoms. The van der Waals surface area contributed by atoms with Crippen molar-refractivity contribution in [1.82, 2.24) is 5.32 Å². The summed E-state index contributed by atoms with van der Waals surface area (Å²) in [4.78, 5) is 1.42. The monoisotopic (exact) mass is 293 g/mol. The molecule has 1 aromatic rings. The van der Waals surface area contributed by atoms with Crippen molar-refractivity contribution < 1.29 is 5.11 Å². The van der Waals surface area contributed by atoms with E-state index >= 15 is 0 Å². The van der Waals surface area contributed by atoms with Crippen LogP contribution in [0.15, 0.2) is 23.1 Å². The summed E-state index contributed by atoms with van der Waals surface area (Å²) in [7, 11) is 1.93. The van der Waals surface area contributed by atoms with Gasteiger partial charge in [-0.3, -0.25) is 0 Å². The summed E-state index contributed by atoms with van der Waals surface area (Å²) in [6.45, 7) is 2.29. The molecule has 0 fully saturated rings. The molecule has 1 atom stereocenters. The van der Waals surface area contributed by atoms with Crippen LogP contribution in [0.3, 0.4) is 0 Å². The number of hydrogen-bond acceptors (Lipinski definition) is 3. The predicted octanol–water partition coefficient (Wildman–Crippen LogP) is 3.41. The standard InChI is InChI=1S/C17H27NOS/c1-17(13-19,18-2)10-3-4-11-20-16-9-8-14-6-5-7-15(14)12-16/h8-9,12,18-19H,3-7,10-11,13H2,1-2H3. The van der Waals surface area contributed by atoms with Crippen molar-refractivity contribution in [2.45, 2.75) is 55.9 Å². The average Bonchev–Trinajstić information content (AvgIpc) is 2.94. The Kier molecular flexibility index (Phi) is 5.94. The van der Waals surface area contributed by atoms with E-state index in [1.807, 2.05) is 18.8 Å².